The summed E-state index contributed by atoms with van der Waals surface area (Å²) < 4.78 is 0.865. The zero-order valence-corrected chi connectivity index (χ0v) is 10.8. The van der Waals surface area contributed by atoms with Crippen LogP contribution < -0.4 is 5.32 Å². The average Bonchev–Trinajstić information content (AvgIpc) is 2.98. The van der Waals surface area contributed by atoms with Gasteiger partial charge in [0.05, 0.1) is 6.61 Å². The molecule has 1 unspecified atom stereocenters. The van der Waals surface area contributed by atoms with Crippen LogP contribution in [0.25, 0.3) is 0 Å². The van der Waals surface area contributed by atoms with Crippen LogP contribution in [0.1, 0.15) is 31.4 Å². The summed E-state index contributed by atoms with van der Waals surface area (Å²) in [5.41, 5.74) is 0.752. The molecule has 0 radical (unpaired) electrons. The molecule has 0 aromatic heterocycles. The molecule has 4 heteroatoms. The van der Waals surface area contributed by atoms with E-state index >= 15 is 0 Å². The van der Waals surface area contributed by atoms with Crippen molar-refractivity contribution >= 4 is 15.9 Å². The molecule has 0 spiro atoms. The van der Waals surface area contributed by atoms with Gasteiger partial charge < -0.3 is 15.5 Å². The van der Waals surface area contributed by atoms with Crippen LogP contribution in [0.2, 0.25) is 0 Å². The van der Waals surface area contributed by atoms with Crippen LogP contribution in [0.3, 0.4) is 0 Å². The van der Waals surface area contributed by atoms with E-state index in [1.165, 1.54) is 0 Å². The number of hydrogen-bond acceptors (Lipinski definition) is 3. The minimum Gasteiger partial charge on any atom is -0.508 e. The van der Waals surface area contributed by atoms with Crippen molar-refractivity contribution in [2.75, 3.05) is 6.61 Å². The Bertz CT molecular complexity index is 391. The maximum absolute atomic E-state index is 9.82. The number of aliphatic hydroxyl groups excluding tert-OH is 1. The molecule has 1 aromatic rings. The number of nitrogens with one attached hydrogen (secondary N) is 1. The van der Waals surface area contributed by atoms with Crippen LogP contribution in [0.5, 0.6) is 5.75 Å². The van der Waals surface area contributed by atoms with Crippen LogP contribution in [0.15, 0.2) is 22.7 Å². The highest BCUT2D eigenvalue weighted by atomic mass is 79.9. The SMILES string of the molecule is CC(NC1(CO)CC1)c1ccc(Br)cc1O. The Labute approximate surface area is 104 Å². The van der Waals surface area contributed by atoms with E-state index in [4.69, 9.17) is 0 Å². The van der Waals surface area contributed by atoms with Gasteiger partial charge in [-0.3, -0.25) is 0 Å². The molecule has 16 heavy (non-hydrogen) atoms. The maximum Gasteiger partial charge on any atom is 0.121 e. The molecule has 2 rings (SSSR count). The monoisotopic (exact) mass is 285 g/mol. The van der Waals surface area contributed by atoms with Crippen LogP contribution >= 0.6 is 15.9 Å². The quantitative estimate of drug-likeness (QED) is 0.796. The zero-order chi connectivity index (χ0) is 11.8. The third-order valence-corrected chi connectivity index (χ3v) is 3.63. The van der Waals surface area contributed by atoms with Gasteiger partial charge in [0.15, 0.2) is 0 Å². The molecule has 1 aromatic carbocycles. The van der Waals surface area contributed by atoms with E-state index in [0.29, 0.717) is 0 Å². The largest absolute Gasteiger partial charge is 0.508 e. The van der Waals surface area contributed by atoms with E-state index in [1.54, 1.807) is 6.07 Å². The topological polar surface area (TPSA) is 52.5 Å². The van der Waals surface area contributed by atoms with Crippen LogP contribution in [0.4, 0.5) is 0 Å². The predicted molar refractivity (Wildman–Crippen MR) is 66.4 cm³/mol. The van der Waals surface area contributed by atoms with E-state index < -0.39 is 0 Å². The number of phenols is 1. The van der Waals surface area contributed by atoms with Gasteiger partial charge in [0.2, 0.25) is 0 Å². The lowest BCUT2D eigenvalue weighted by Gasteiger charge is -2.22. The van der Waals surface area contributed by atoms with Gasteiger partial charge >= 0.3 is 0 Å². The molecule has 1 fully saturated rings. The van der Waals surface area contributed by atoms with Crippen LogP contribution in [-0.2, 0) is 0 Å². The number of phenolic OH excluding ortho intramolecular Hbond substituents is 1. The number of halogens is 1. The van der Waals surface area contributed by atoms with Crippen molar-refractivity contribution in [2.45, 2.75) is 31.3 Å². The molecule has 3 nitrogen and oxygen atoms in total. The van der Waals surface area contributed by atoms with Gasteiger partial charge in [-0.05, 0) is 31.9 Å². The van der Waals surface area contributed by atoms with Gasteiger partial charge in [-0.2, -0.15) is 0 Å². The minimum absolute atomic E-state index is 0.0442. The normalized spacial score (nSPS) is 19.4. The highest BCUT2D eigenvalue weighted by molar-refractivity contribution is 9.10. The van der Waals surface area contributed by atoms with Crippen molar-refractivity contribution < 1.29 is 10.2 Å². The fourth-order valence-corrected chi connectivity index (χ4v) is 2.27. The second kappa shape index (κ2) is 4.35. The Kier molecular flexibility index (Phi) is 3.24. The number of aromatic hydroxyl groups is 1. The second-order valence-electron chi connectivity index (χ2n) is 4.51. The lowest BCUT2D eigenvalue weighted by atomic mass is 10.1. The Morgan fingerprint density at radius 3 is 2.69 bits per heavy atom. The first-order valence-electron chi connectivity index (χ1n) is 5.43. The van der Waals surface area contributed by atoms with Gasteiger partial charge in [0, 0.05) is 21.6 Å². The molecule has 88 valence electrons. The first-order chi connectivity index (χ1) is 7.56. The van der Waals surface area contributed by atoms with Crippen molar-refractivity contribution in [1.29, 1.82) is 0 Å². The van der Waals surface area contributed by atoms with Gasteiger partial charge in [-0.25, -0.2) is 0 Å². The Balaban J connectivity index is 2.11. The standard InChI is InChI=1S/C12H16BrNO2/c1-8(14-12(7-15)4-5-12)10-3-2-9(13)6-11(10)16/h2-3,6,8,14-16H,4-5,7H2,1H3. The molecule has 0 bridgehead atoms. The first-order valence-corrected chi connectivity index (χ1v) is 6.23. The number of rotatable bonds is 4. The smallest absolute Gasteiger partial charge is 0.121 e. The molecule has 0 amide bonds. The Morgan fingerprint density at radius 1 is 1.50 bits per heavy atom. The van der Waals surface area contributed by atoms with Gasteiger partial charge in [0.1, 0.15) is 5.75 Å². The van der Waals surface area contributed by atoms with Crippen molar-refractivity contribution in [3.05, 3.63) is 28.2 Å². The predicted octanol–water partition coefficient (Wildman–Crippen LogP) is 2.33. The lowest BCUT2D eigenvalue weighted by molar-refractivity contribution is 0.220. The summed E-state index contributed by atoms with van der Waals surface area (Å²) in [6.45, 7) is 2.16. The highest BCUT2D eigenvalue weighted by Crippen LogP contribution is 2.38. The van der Waals surface area contributed by atoms with Crippen LogP contribution in [0, 0.1) is 0 Å². The molecule has 0 saturated heterocycles. The summed E-state index contributed by atoms with van der Waals surface area (Å²) >= 11 is 3.31. The molecule has 0 heterocycles. The Morgan fingerprint density at radius 2 is 2.19 bits per heavy atom. The molecule has 1 saturated carbocycles. The summed E-state index contributed by atoms with van der Waals surface area (Å²) in [4.78, 5) is 0. The fraction of sp³-hybridized carbons (Fsp3) is 0.500. The molecule has 1 aliphatic rings. The average molecular weight is 286 g/mol. The summed E-state index contributed by atoms with van der Waals surface area (Å²) in [5, 5.41) is 22.4. The highest BCUT2D eigenvalue weighted by Gasteiger charge is 2.42. The van der Waals surface area contributed by atoms with Crippen molar-refractivity contribution in [1.82, 2.24) is 5.32 Å². The molecule has 1 aliphatic carbocycles. The van der Waals surface area contributed by atoms with Crippen molar-refractivity contribution in [2.24, 2.45) is 0 Å². The number of aliphatic hydroxyl groups is 1. The van der Waals surface area contributed by atoms with E-state index in [-0.39, 0.29) is 23.9 Å². The Hall–Kier alpha value is -0.580. The van der Waals surface area contributed by atoms with Gasteiger partial charge in [0.25, 0.3) is 0 Å². The third-order valence-electron chi connectivity index (χ3n) is 3.14. The zero-order valence-electron chi connectivity index (χ0n) is 9.20. The number of benzene rings is 1. The van der Waals surface area contributed by atoms with Crippen molar-refractivity contribution in [3.63, 3.8) is 0 Å². The summed E-state index contributed by atoms with van der Waals surface area (Å²) in [6, 6.07) is 5.53. The minimum atomic E-state index is -0.112. The number of hydrogen-bond donors (Lipinski definition) is 3. The van der Waals surface area contributed by atoms with E-state index in [2.05, 4.69) is 21.2 Å². The van der Waals surface area contributed by atoms with E-state index in [0.717, 1.165) is 22.9 Å². The van der Waals surface area contributed by atoms with Crippen molar-refractivity contribution in [3.8, 4) is 5.75 Å². The molecule has 1 atom stereocenters. The molecule has 3 N–H and O–H groups in total. The summed E-state index contributed by atoms with van der Waals surface area (Å²) in [7, 11) is 0. The molecular formula is C12H16BrNO2. The van der Waals surface area contributed by atoms with E-state index in [1.807, 2.05) is 19.1 Å². The van der Waals surface area contributed by atoms with Gasteiger partial charge in [-0.15, -0.1) is 0 Å². The van der Waals surface area contributed by atoms with Gasteiger partial charge in [-0.1, -0.05) is 22.0 Å². The van der Waals surface area contributed by atoms with Crippen LogP contribution in [-0.4, -0.2) is 22.4 Å². The lowest BCUT2D eigenvalue weighted by Crippen LogP contribution is -2.36. The van der Waals surface area contributed by atoms with E-state index in [9.17, 15) is 10.2 Å². The fourth-order valence-electron chi connectivity index (χ4n) is 1.92. The molecular weight excluding hydrogens is 270 g/mol. The third kappa shape index (κ3) is 2.39. The maximum atomic E-state index is 9.82. The summed E-state index contributed by atoms with van der Waals surface area (Å²) in [5.74, 6) is 0.281. The molecule has 0 aliphatic heterocycles. The first kappa shape index (κ1) is 11.9. The second-order valence-corrected chi connectivity index (χ2v) is 5.42. The summed E-state index contributed by atoms with van der Waals surface area (Å²) in [6.07, 6.45) is 2.01.